The van der Waals surface area contributed by atoms with Crippen LogP contribution in [-0.2, 0) is 9.53 Å². The van der Waals surface area contributed by atoms with Gasteiger partial charge in [0, 0.05) is 25.2 Å². The molecule has 6 heteroatoms. The van der Waals surface area contributed by atoms with Crippen LogP contribution in [0.4, 0.5) is 10.1 Å². The standard InChI is InChI=1S/C15H20ClFN2O2/c1-10(19-7-5-12(21-2)6-8-19)15(20)18-14-9-11(16)3-4-13(14)17/h3-4,9-10,12H,5-8H2,1-2H3,(H,18,20). The summed E-state index contributed by atoms with van der Waals surface area (Å²) in [7, 11) is 1.71. The van der Waals surface area contributed by atoms with Gasteiger partial charge < -0.3 is 10.1 Å². The number of nitrogens with one attached hydrogen (secondary N) is 1. The third-order valence-electron chi connectivity index (χ3n) is 3.92. The molecule has 21 heavy (non-hydrogen) atoms. The number of nitrogens with zero attached hydrogens (tertiary/aromatic N) is 1. The molecule has 1 unspecified atom stereocenters. The zero-order valence-electron chi connectivity index (χ0n) is 12.2. The van der Waals surface area contributed by atoms with Gasteiger partial charge in [0.25, 0.3) is 0 Å². The molecular formula is C15H20ClFN2O2. The highest BCUT2D eigenvalue weighted by molar-refractivity contribution is 6.30. The van der Waals surface area contributed by atoms with Crippen molar-refractivity contribution in [3.8, 4) is 0 Å². The summed E-state index contributed by atoms with van der Waals surface area (Å²) in [6.07, 6.45) is 2.07. The summed E-state index contributed by atoms with van der Waals surface area (Å²) in [6, 6.07) is 3.79. The third kappa shape index (κ3) is 4.15. The van der Waals surface area contributed by atoms with Crippen molar-refractivity contribution in [2.75, 3.05) is 25.5 Å². The van der Waals surface area contributed by atoms with E-state index in [0.717, 1.165) is 25.9 Å². The topological polar surface area (TPSA) is 41.6 Å². The molecule has 0 spiro atoms. The highest BCUT2D eigenvalue weighted by Gasteiger charge is 2.26. The summed E-state index contributed by atoms with van der Waals surface area (Å²) < 4.78 is 18.9. The highest BCUT2D eigenvalue weighted by atomic mass is 35.5. The molecule has 1 aliphatic rings. The van der Waals surface area contributed by atoms with Crippen LogP contribution in [0.2, 0.25) is 5.02 Å². The monoisotopic (exact) mass is 314 g/mol. The molecule has 0 aliphatic carbocycles. The predicted octanol–water partition coefficient (Wildman–Crippen LogP) is 2.92. The van der Waals surface area contributed by atoms with Crippen LogP contribution in [0.1, 0.15) is 19.8 Å². The molecule has 1 saturated heterocycles. The summed E-state index contributed by atoms with van der Waals surface area (Å²) in [5.74, 6) is -0.718. The molecule has 1 amide bonds. The van der Waals surface area contributed by atoms with E-state index in [1.54, 1.807) is 7.11 Å². The molecule has 0 aromatic heterocycles. The van der Waals surface area contributed by atoms with E-state index in [0.29, 0.717) is 5.02 Å². The predicted molar refractivity (Wildman–Crippen MR) is 81.1 cm³/mol. The van der Waals surface area contributed by atoms with Crippen molar-refractivity contribution in [3.05, 3.63) is 29.0 Å². The van der Waals surface area contributed by atoms with Gasteiger partial charge in [-0.3, -0.25) is 9.69 Å². The maximum Gasteiger partial charge on any atom is 0.241 e. The van der Waals surface area contributed by atoms with Crippen molar-refractivity contribution in [1.29, 1.82) is 0 Å². The molecule has 116 valence electrons. The van der Waals surface area contributed by atoms with Crippen LogP contribution in [-0.4, -0.2) is 43.2 Å². The van der Waals surface area contributed by atoms with Gasteiger partial charge in [0.2, 0.25) is 5.91 Å². The molecule has 1 aliphatic heterocycles. The Morgan fingerprint density at radius 3 is 2.76 bits per heavy atom. The molecule has 1 atom stereocenters. The van der Waals surface area contributed by atoms with Crippen molar-refractivity contribution >= 4 is 23.2 Å². The Kier molecular flexibility index (Phi) is 5.56. The van der Waals surface area contributed by atoms with Gasteiger partial charge in [-0.15, -0.1) is 0 Å². The molecule has 1 aromatic carbocycles. The van der Waals surface area contributed by atoms with Crippen molar-refractivity contribution < 1.29 is 13.9 Å². The molecule has 1 heterocycles. The third-order valence-corrected chi connectivity index (χ3v) is 4.16. The zero-order valence-corrected chi connectivity index (χ0v) is 13.0. The van der Waals surface area contributed by atoms with Crippen molar-refractivity contribution in [3.63, 3.8) is 0 Å². The van der Waals surface area contributed by atoms with Gasteiger partial charge in [0.1, 0.15) is 5.82 Å². The van der Waals surface area contributed by atoms with E-state index >= 15 is 0 Å². The summed E-state index contributed by atoms with van der Waals surface area (Å²) in [6.45, 7) is 3.42. The van der Waals surface area contributed by atoms with Crippen LogP contribution >= 0.6 is 11.6 Å². The van der Waals surface area contributed by atoms with Gasteiger partial charge in [0.05, 0.1) is 17.8 Å². The summed E-state index contributed by atoms with van der Waals surface area (Å²) in [5.41, 5.74) is 0.117. The number of anilines is 1. The van der Waals surface area contributed by atoms with E-state index in [-0.39, 0.29) is 23.7 Å². The molecule has 4 nitrogen and oxygen atoms in total. The smallest absolute Gasteiger partial charge is 0.241 e. The fraction of sp³-hybridized carbons (Fsp3) is 0.533. The molecule has 0 radical (unpaired) electrons. The largest absolute Gasteiger partial charge is 0.381 e. The normalized spacial score (nSPS) is 18.5. The SMILES string of the molecule is COC1CCN(C(C)C(=O)Nc2cc(Cl)ccc2F)CC1. The van der Waals surface area contributed by atoms with Gasteiger partial charge >= 0.3 is 0 Å². The lowest BCUT2D eigenvalue weighted by atomic mass is 10.1. The van der Waals surface area contributed by atoms with E-state index in [9.17, 15) is 9.18 Å². The number of piperidine rings is 1. The Hall–Kier alpha value is -1.17. The summed E-state index contributed by atoms with van der Waals surface area (Å²) in [4.78, 5) is 14.3. The number of hydrogen-bond acceptors (Lipinski definition) is 3. The number of likely N-dealkylation sites (tertiary alicyclic amines) is 1. The van der Waals surface area contributed by atoms with Crippen molar-refractivity contribution in [1.82, 2.24) is 4.90 Å². The lowest BCUT2D eigenvalue weighted by Gasteiger charge is -2.34. The van der Waals surface area contributed by atoms with E-state index in [1.165, 1.54) is 18.2 Å². The first-order valence-corrected chi connectivity index (χ1v) is 7.42. The maximum absolute atomic E-state index is 13.6. The van der Waals surface area contributed by atoms with E-state index in [2.05, 4.69) is 10.2 Å². The Balaban J connectivity index is 1.95. The fourth-order valence-corrected chi connectivity index (χ4v) is 2.67. The second-order valence-electron chi connectivity index (χ2n) is 5.26. The lowest BCUT2D eigenvalue weighted by Crippen LogP contribution is -2.47. The number of benzene rings is 1. The van der Waals surface area contributed by atoms with Gasteiger partial charge in [-0.1, -0.05) is 11.6 Å². The number of carbonyl (C=O) groups is 1. The first-order chi connectivity index (χ1) is 10.0. The Labute approximate surface area is 129 Å². The average molecular weight is 315 g/mol. The molecule has 1 aromatic rings. The molecule has 2 rings (SSSR count). The van der Waals surface area contributed by atoms with E-state index in [4.69, 9.17) is 16.3 Å². The Morgan fingerprint density at radius 1 is 1.48 bits per heavy atom. The van der Waals surface area contributed by atoms with Crippen LogP contribution in [0.5, 0.6) is 0 Å². The molecular weight excluding hydrogens is 295 g/mol. The first-order valence-electron chi connectivity index (χ1n) is 7.04. The second kappa shape index (κ2) is 7.20. The second-order valence-corrected chi connectivity index (χ2v) is 5.70. The Morgan fingerprint density at radius 2 is 2.14 bits per heavy atom. The minimum atomic E-state index is -0.488. The van der Waals surface area contributed by atoms with Gasteiger partial charge in [0.15, 0.2) is 0 Å². The number of ether oxygens (including phenoxy) is 1. The van der Waals surface area contributed by atoms with E-state index in [1.807, 2.05) is 6.92 Å². The summed E-state index contributed by atoms with van der Waals surface area (Å²) in [5, 5.41) is 2.99. The van der Waals surface area contributed by atoms with Crippen LogP contribution < -0.4 is 5.32 Å². The highest BCUT2D eigenvalue weighted by Crippen LogP contribution is 2.21. The van der Waals surface area contributed by atoms with Gasteiger partial charge in [-0.05, 0) is 38.0 Å². The minimum Gasteiger partial charge on any atom is -0.381 e. The van der Waals surface area contributed by atoms with Crippen LogP contribution in [0, 0.1) is 5.82 Å². The maximum atomic E-state index is 13.6. The number of carbonyl (C=O) groups excluding carboxylic acids is 1. The quantitative estimate of drug-likeness (QED) is 0.929. The fourth-order valence-electron chi connectivity index (χ4n) is 2.50. The number of methoxy groups -OCH3 is 1. The van der Waals surface area contributed by atoms with Crippen molar-refractivity contribution in [2.24, 2.45) is 0 Å². The van der Waals surface area contributed by atoms with Crippen LogP contribution in [0.25, 0.3) is 0 Å². The summed E-state index contributed by atoms with van der Waals surface area (Å²) >= 11 is 5.82. The zero-order chi connectivity index (χ0) is 15.4. The number of halogens is 2. The Bertz CT molecular complexity index is 504. The lowest BCUT2D eigenvalue weighted by molar-refractivity contribution is -0.121. The molecule has 1 fully saturated rings. The minimum absolute atomic E-state index is 0.117. The number of amides is 1. The van der Waals surface area contributed by atoms with Crippen molar-refractivity contribution in [2.45, 2.75) is 31.9 Å². The van der Waals surface area contributed by atoms with Crippen LogP contribution in [0.3, 0.4) is 0 Å². The first kappa shape index (κ1) is 16.2. The number of rotatable bonds is 4. The van der Waals surface area contributed by atoms with Gasteiger partial charge in [-0.2, -0.15) is 0 Å². The van der Waals surface area contributed by atoms with E-state index < -0.39 is 5.82 Å². The van der Waals surface area contributed by atoms with Gasteiger partial charge in [-0.25, -0.2) is 4.39 Å². The number of hydrogen-bond donors (Lipinski definition) is 1. The molecule has 1 N–H and O–H groups in total. The van der Waals surface area contributed by atoms with Crippen LogP contribution in [0.15, 0.2) is 18.2 Å². The average Bonchev–Trinajstić information content (AvgIpc) is 2.50. The molecule has 0 bridgehead atoms. The molecule has 0 saturated carbocycles.